The zero-order chi connectivity index (χ0) is 15.7. The third-order valence-corrected chi connectivity index (χ3v) is 3.83. The molecule has 1 aliphatic heterocycles. The molecule has 6 heteroatoms. The van der Waals surface area contributed by atoms with Crippen LogP contribution < -0.4 is 0 Å². The molecule has 0 amide bonds. The van der Waals surface area contributed by atoms with E-state index >= 15 is 0 Å². The minimum Gasteiger partial charge on any atom is -0.469 e. The fourth-order valence-corrected chi connectivity index (χ4v) is 2.61. The Kier molecular flexibility index (Phi) is 8.30. The number of nitrogens with zero attached hydrogens (tertiary/aromatic N) is 2. The average molecular weight is 300 g/mol. The van der Waals surface area contributed by atoms with Gasteiger partial charge in [-0.15, -0.1) is 0 Å². The largest absolute Gasteiger partial charge is 0.469 e. The first-order valence-corrected chi connectivity index (χ1v) is 7.82. The van der Waals surface area contributed by atoms with Crippen molar-refractivity contribution in [2.24, 2.45) is 0 Å². The zero-order valence-electron chi connectivity index (χ0n) is 13.5. The Hall–Kier alpha value is -1.14. The molecule has 0 aromatic rings. The first kappa shape index (κ1) is 17.9. The molecule has 1 aliphatic rings. The van der Waals surface area contributed by atoms with Gasteiger partial charge in [-0.3, -0.25) is 14.5 Å². The molecular weight excluding hydrogens is 272 g/mol. The van der Waals surface area contributed by atoms with Gasteiger partial charge in [0.25, 0.3) is 0 Å². The van der Waals surface area contributed by atoms with Crippen molar-refractivity contribution < 1.29 is 19.1 Å². The van der Waals surface area contributed by atoms with E-state index < -0.39 is 0 Å². The van der Waals surface area contributed by atoms with Crippen molar-refractivity contribution >= 4 is 11.9 Å². The van der Waals surface area contributed by atoms with Crippen molar-refractivity contribution in [1.82, 2.24) is 9.80 Å². The highest BCUT2D eigenvalue weighted by atomic mass is 16.5. The molecule has 0 radical (unpaired) electrons. The maximum absolute atomic E-state index is 12.0. The summed E-state index contributed by atoms with van der Waals surface area (Å²) in [6.45, 7) is 8.49. The lowest BCUT2D eigenvalue weighted by Crippen LogP contribution is -2.53. The molecule has 6 nitrogen and oxygen atoms in total. The number of rotatable bonds is 8. The molecule has 0 N–H and O–H groups in total. The molecule has 122 valence electrons. The van der Waals surface area contributed by atoms with Crippen LogP contribution in [-0.4, -0.2) is 74.2 Å². The number of hydrogen-bond acceptors (Lipinski definition) is 6. The zero-order valence-corrected chi connectivity index (χ0v) is 13.5. The van der Waals surface area contributed by atoms with Gasteiger partial charge in [-0.1, -0.05) is 13.3 Å². The lowest BCUT2D eigenvalue weighted by molar-refractivity contribution is -0.150. The minimum atomic E-state index is -0.173. The van der Waals surface area contributed by atoms with Gasteiger partial charge >= 0.3 is 11.9 Å². The van der Waals surface area contributed by atoms with Crippen LogP contribution in [0.1, 0.15) is 33.1 Å². The molecule has 1 atom stereocenters. The number of methoxy groups -OCH3 is 1. The van der Waals surface area contributed by atoms with Crippen LogP contribution in [0.2, 0.25) is 0 Å². The second-order valence-corrected chi connectivity index (χ2v) is 5.26. The van der Waals surface area contributed by atoms with Gasteiger partial charge < -0.3 is 14.4 Å². The van der Waals surface area contributed by atoms with Gasteiger partial charge in [0.1, 0.15) is 6.04 Å². The molecule has 1 heterocycles. The van der Waals surface area contributed by atoms with Gasteiger partial charge in [0, 0.05) is 32.7 Å². The third kappa shape index (κ3) is 6.01. The van der Waals surface area contributed by atoms with Crippen LogP contribution in [0.15, 0.2) is 0 Å². The summed E-state index contributed by atoms with van der Waals surface area (Å²) in [5, 5.41) is 0. The fraction of sp³-hybridized carbons (Fsp3) is 0.867. The predicted molar refractivity (Wildman–Crippen MR) is 80.0 cm³/mol. The molecule has 0 aromatic carbocycles. The highest BCUT2D eigenvalue weighted by Gasteiger charge is 2.29. The summed E-state index contributed by atoms with van der Waals surface area (Å²) in [4.78, 5) is 27.6. The van der Waals surface area contributed by atoms with Crippen molar-refractivity contribution in [3.05, 3.63) is 0 Å². The van der Waals surface area contributed by atoms with Crippen LogP contribution in [0.3, 0.4) is 0 Å². The van der Waals surface area contributed by atoms with E-state index in [1.165, 1.54) is 7.11 Å². The van der Waals surface area contributed by atoms with Crippen LogP contribution in [0.25, 0.3) is 0 Å². The van der Waals surface area contributed by atoms with Gasteiger partial charge in [-0.05, 0) is 13.3 Å². The topological polar surface area (TPSA) is 59.1 Å². The Balaban J connectivity index is 2.41. The number of carbonyl (C=O) groups excluding carboxylic acids is 2. The van der Waals surface area contributed by atoms with E-state index in [9.17, 15) is 9.59 Å². The average Bonchev–Trinajstić information content (AvgIpc) is 2.51. The molecule has 0 spiro atoms. The Bertz CT molecular complexity index is 328. The lowest BCUT2D eigenvalue weighted by atomic mass is 10.1. The number of ether oxygens (including phenoxy) is 2. The molecule has 0 bridgehead atoms. The second kappa shape index (κ2) is 9.73. The van der Waals surface area contributed by atoms with Crippen molar-refractivity contribution in [3.8, 4) is 0 Å². The molecule has 1 rings (SSSR count). The van der Waals surface area contributed by atoms with Gasteiger partial charge in [0.05, 0.1) is 20.1 Å². The molecule has 0 aliphatic carbocycles. The number of esters is 2. The maximum atomic E-state index is 12.0. The summed E-state index contributed by atoms with van der Waals surface area (Å²) in [6.07, 6.45) is 2.22. The van der Waals surface area contributed by atoms with Crippen LogP contribution >= 0.6 is 0 Å². The van der Waals surface area contributed by atoms with Crippen molar-refractivity contribution in [2.45, 2.75) is 39.2 Å². The molecule has 21 heavy (non-hydrogen) atoms. The highest BCUT2D eigenvalue weighted by molar-refractivity contribution is 5.75. The van der Waals surface area contributed by atoms with Crippen molar-refractivity contribution in [3.63, 3.8) is 0 Å². The van der Waals surface area contributed by atoms with E-state index in [1.807, 2.05) is 6.92 Å². The van der Waals surface area contributed by atoms with Crippen LogP contribution in [0.5, 0.6) is 0 Å². The smallest absolute Gasteiger partial charge is 0.323 e. The molecular formula is C15H28N2O4. The van der Waals surface area contributed by atoms with E-state index in [2.05, 4.69) is 21.5 Å². The SMILES string of the molecule is CCCC(C(=O)OCC)N1CCN(CCC(=O)OC)CC1. The summed E-state index contributed by atoms with van der Waals surface area (Å²) in [6, 6.07) is -0.127. The minimum absolute atomic E-state index is 0.109. The Morgan fingerprint density at radius 1 is 1.14 bits per heavy atom. The van der Waals surface area contributed by atoms with Gasteiger partial charge in [-0.2, -0.15) is 0 Å². The van der Waals surface area contributed by atoms with E-state index in [1.54, 1.807) is 0 Å². The van der Waals surface area contributed by atoms with Gasteiger partial charge in [0.15, 0.2) is 0 Å². The first-order chi connectivity index (χ1) is 10.1. The van der Waals surface area contributed by atoms with Crippen molar-refractivity contribution in [2.75, 3.05) is 46.4 Å². The molecule has 0 aromatic heterocycles. The molecule has 0 saturated carbocycles. The fourth-order valence-electron chi connectivity index (χ4n) is 2.61. The lowest BCUT2D eigenvalue weighted by Gasteiger charge is -2.38. The molecule has 1 fully saturated rings. The van der Waals surface area contributed by atoms with Crippen LogP contribution in [0.4, 0.5) is 0 Å². The van der Waals surface area contributed by atoms with Crippen LogP contribution in [-0.2, 0) is 19.1 Å². The summed E-state index contributed by atoms with van der Waals surface area (Å²) in [5.41, 5.74) is 0. The van der Waals surface area contributed by atoms with Crippen LogP contribution in [0, 0.1) is 0 Å². The Morgan fingerprint density at radius 3 is 2.33 bits per heavy atom. The van der Waals surface area contributed by atoms with Crippen molar-refractivity contribution in [1.29, 1.82) is 0 Å². The van der Waals surface area contributed by atoms with E-state index in [0.717, 1.165) is 45.6 Å². The standard InChI is InChI=1S/C15H28N2O4/c1-4-6-13(15(19)21-5-2)17-11-9-16(10-12-17)8-7-14(18)20-3/h13H,4-12H2,1-3H3. The number of carbonyl (C=O) groups is 2. The van der Waals surface area contributed by atoms with E-state index in [-0.39, 0.29) is 18.0 Å². The van der Waals surface area contributed by atoms with Gasteiger partial charge in [0.2, 0.25) is 0 Å². The normalized spacial score (nSPS) is 18.2. The predicted octanol–water partition coefficient (Wildman–Crippen LogP) is 0.899. The highest BCUT2D eigenvalue weighted by Crippen LogP contribution is 2.13. The Labute approximate surface area is 127 Å². The Morgan fingerprint density at radius 2 is 1.81 bits per heavy atom. The summed E-state index contributed by atoms with van der Waals surface area (Å²) >= 11 is 0. The first-order valence-electron chi connectivity index (χ1n) is 7.82. The maximum Gasteiger partial charge on any atom is 0.323 e. The number of hydrogen-bond donors (Lipinski definition) is 0. The summed E-state index contributed by atoms with van der Waals surface area (Å²) in [5.74, 6) is -0.282. The van der Waals surface area contributed by atoms with Gasteiger partial charge in [-0.25, -0.2) is 0 Å². The third-order valence-electron chi connectivity index (χ3n) is 3.83. The second-order valence-electron chi connectivity index (χ2n) is 5.26. The quantitative estimate of drug-likeness (QED) is 0.621. The summed E-state index contributed by atoms with van der Waals surface area (Å²) < 4.78 is 9.83. The molecule has 1 saturated heterocycles. The monoisotopic (exact) mass is 300 g/mol. The van der Waals surface area contributed by atoms with E-state index in [4.69, 9.17) is 4.74 Å². The summed E-state index contributed by atoms with van der Waals surface area (Å²) in [7, 11) is 1.41. The number of piperazine rings is 1. The molecule has 1 unspecified atom stereocenters. The van der Waals surface area contributed by atoms with E-state index in [0.29, 0.717) is 13.0 Å².